The summed E-state index contributed by atoms with van der Waals surface area (Å²) in [5.74, 6) is 1.20. The average molecular weight is 232 g/mol. The van der Waals surface area contributed by atoms with E-state index in [2.05, 4.69) is 4.98 Å². The van der Waals surface area contributed by atoms with Crippen LogP contribution in [0.25, 0.3) is 11.5 Å². The molecule has 2 aromatic heterocycles. The van der Waals surface area contributed by atoms with Gasteiger partial charge < -0.3 is 14.7 Å². The first kappa shape index (κ1) is 8.59. The van der Waals surface area contributed by atoms with Gasteiger partial charge in [-0.2, -0.15) is 0 Å². The van der Waals surface area contributed by atoms with E-state index < -0.39 is 7.14 Å². The number of rotatable bonds is 2. The number of hydrogen-bond acceptors (Lipinski definition) is 4. The van der Waals surface area contributed by atoms with Crippen LogP contribution in [0.4, 0.5) is 5.82 Å². The Morgan fingerprint density at radius 2 is 2.19 bits per heavy atom. The van der Waals surface area contributed by atoms with Gasteiger partial charge in [0, 0.05) is 0 Å². The standard InChI is InChI=1S/C11H9N2O2P/c1-2-5-3-4-6(13-10(5)12)7-8-9-11(15-7)16(8,9)14/h3-4H,2H2,1H3,(H2,12,13). The van der Waals surface area contributed by atoms with E-state index >= 15 is 0 Å². The van der Waals surface area contributed by atoms with Crippen LogP contribution in [0.15, 0.2) is 16.5 Å². The Labute approximate surface area is 91.9 Å². The molecule has 2 aromatic rings. The zero-order valence-corrected chi connectivity index (χ0v) is 9.54. The second-order valence-electron chi connectivity index (χ2n) is 4.14. The first-order valence-corrected chi connectivity index (χ1v) is 6.93. The maximum absolute atomic E-state index is 11.8. The molecule has 0 saturated heterocycles. The Morgan fingerprint density at radius 3 is 2.69 bits per heavy atom. The van der Waals surface area contributed by atoms with Crippen LogP contribution in [0.3, 0.4) is 0 Å². The van der Waals surface area contributed by atoms with Gasteiger partial charge in [-0.05, 0) is 18.1 Å². The number of nitrogen functional groups attached to an aromatic ring is 1. The summed E-state index contributed by atoms with van der Waals surface area (Å²) in [7, 11) is -2.14. The third-order valence-electron chi connectivity index (χ3n) is 3.28. The normalized spacial score (nSPS) is 23.1. The van der Waals surface area contributed by atoms with Crippen LogP contribution in [-0.4, -0.2) is 4.98 Å². The number of furan rings is 1. The quantitative estimate of drug-likeness (QED) is 0.518. The minimum absolute atomic E-state index is 0.532. The molecule has 5 heterocycles. The number of aromatic nitrogens is 1. The number of aryl methyl sites for hydroxylation is 1. The zero-order chi connectivity index (χ0) is 11.1. The van der Waals surface area contributed by atoms with Crippen molar-refractivity contribution in [3.8, 4) is 11.5 Å². The van der Waals surface area contributed by atoms with Gasteiger partial charge in [0.05, 0.1) is 10.6 Å². The molecular formula is C11H9N2O2P. The molecule has 0 aromatic carbocycles. The topological polar surface area (TPSA) is 69.1 Å². The van der Waals surface area contributed by atoms with Crippen molar-refractivity contribution in [2.24, 2.45) is 0 Å². The van der Waals surface area contributed by atoms with Crippen LogP contribution in [0.5, 0.6) is 0 Å². The van der Waals surface area contributed by atoms with Crippen LogP contribution in [0, 0.1) is 0 Å². The fourth-order valence-corrected chi connectivity index (χ4v) is 4.69. The van der Waals surface area contributed by atoms with Crippen molar-refractivity contribution in [1.82, 2.24) is 4.98 Å². The molecule has 1 atom stereocenters. The highest BCUT2D eigenvalue weighted by atomic mass is 31.2. The van der Waals surface area contributed by atoms with Crippen molar-refractivity contribution in [1.29, 1.82) is 0 Å². The monoisotopic (exact) mass is 232 g/mol. The molecule has 3 aliphatic rings. The van der Waals surface area contributed by atoms with E-state index in [1.165, 1.54) is 0 Å². The van der Waals surface area contributed by atoms with Gasteiger partial charge in [-0.3, -0.25) is 0 Å². The van der Waals surface area contributed by atoms with Crippen molar-refractivity contribution in [3.63, 3.8) is 0 Å². The third-order valence-corrected chi connectivity index (χ3v) is 5.83. The van der Waals surface area contributed by atoms with E-state index in [1.54, 1.807) is 0 Å². The molecule has 0 amide bonds. The zero-order valence-electron chi connectivity index (χ0n) is 8.65. The lowest BCUT2D eigenvalue weighted by atomic mass is 10.2. The Bertz CT molecular complexity index is 693. The number of hydrogen-bond donors (Lipinski definition) is 1. The summed E-state index contributed by atoms with van der Waals surface area (Å²) in [6.45, 7) is 2.03. The van der Waals surface area contributed by atoms with Gasteiger partial charge in [0.25, 0.3) is 0 Å². The van der Waals surface area contributed by atoms with Crippen molar-refractivity contribution >= 4 is 29.1 Å². The van der Waals surface area contributed by atoms with E-state index in [4.69, 9.17) is 10.2 Å². The number of nitrogens with two attached hydrogens (primary N) is 1. The predicted octanol–water partition coefficient (Wildman–Crippen LogP) is 0.752. The maximum atomic E-state index is 11.8. The van der Waals surface area contributed by atoms with Gasteiger partial charge in [-0.25, -0.2) is 4.98 Å². The molecular weight excluding hydrogens is 223 g/mol. The minimum Gasteiger partial charge on any atom is -0.449 e. The molecule has 3 aliphatic heterocycles. The molecule has 0 saturated carbocycles. The summed E-state index contributed by atoms with van der Waals surface area (Å²) >= 11 is 0. The first-order chi connectivity index (χ1) is 7.67. The molecule has 80 valence electrons. The van der Waals surface area contributed by atoms with Crippen molar-refractivity contribution in [3.05, 3.63) is 17.7 Å². The van der Waals surface area contributed by atoms with Gasteiger partial charge in [0.2, 0.25) is 7.14 Å². The molecule has 0 radical (unpaired) electrons. The number of nitrogens with zero attached hydrogens (tertiary/aromatic N) is 1. The Morgan fingerprint density at radius 1 is 1.44 bits per heavy atom. The largest absolute Gasteiger partial charge is 0.449 e. The molecule has 2 bridgehead atoms. The van der Waals surface area contributed by atoms with E-state index in [-0.39, 0.29) is 0 Å². The van der Waals surface area contributed by atoms with Gasteiger partial charge in [0.15, 0.2) is 11.3 Å². The Hall–Kier alpha value is -1.54. The van der Waals surface area contributed by atoms with Crippen LogP contribution in [0.1, 0.15) is 12.5 Å². The highest BCUT2D eigenvalue weighted by Gasteiger charge is 2.74. The summed E-state index contributed by atoms with van der Waals surface area (Å²) in [6.07, 6.45) is 0.860. The number of fused-ring (bicyclic) bond motifs is 1. The highest BCUT2D eigenvalue weighted by Crippen LogP contribution is 2.70. The summed E-state index contributed by atoms with van der Waals surface area (Å²) in [4.78, 5) is 4.29. The Kier molecular flexibility index (Phi) is 1.21. The lowest BCUT2D eigenvalue weighted by Gasteiger charge is -2.02. The lowest BCUT2D eigenvalue weighted by molar-refractivity contribution is 0.590. The highest BCUT2D eigenvalue weighted by molar-refractivity contribution is 8.06. The van der Waals surface area contributed by atoms with Gasteiger partial charge >= 0.3 is 0 Å². The molecule has 1 unspecified atom stereocenters. The van der Waals surface area contributed by atoms with Crippen LogP contribution in [0.2, 0.25) is 0 Å². The molecule has 5 heteroatoms. The van der Waals surface area contributed by atoms with E-state index in [0.717, 1.165) is 22.6 Å². The van der Waals surface area contributed by atoms with E-state index in [0.29, 0.717) is 22.8 Å². The second-order valence-corrected chi connectivity index (χ2v) is 6.66. The SMILES string of the molecule is CCc1ccc(-c2oc3c4c2P34=O)nc1N. The van der Waals surface area contributed by atoms with Crippen LogP contribution >= 0.6 is 7.14 Å². The second kappa shape index (κ2) is 2.25. The Balaban J connectivity index is 1.86. The van der Waals surface area contributed by atoms with E-state index in [1.807, 2.05) is 19.1 Å². The summed E-state index contributed by atoms with van der Waals surface area (Å²) in [6, 6.07) is 3.83. The molecule has 0 aliphatic carbocycles. The van der Waals surface area contributed by atoms with Crippen LogP contribution < -0.4 is 21.8 Å². The third kappa shape index (κ3) is 0.726. The van der Waals surface area contributed by atoms with Gasteiger partial charge in [-0.1, -0.05) is 13.0 Å². The molecule has 4 nitrogen and oxygen atoms in total. The van der Waals surface area contributed by atoms with Gasteiger partial charge in [0.1, 0.15) is 11.5 Å². The molecule has 16 heavy (non-hydrogen) atoms. The van der Waals surface area contributed by atoms with Crippen molar-refractivity contribution in [2.75, 3.05) is 5.73 Å². The summed E-state index contributed by atoms with van der Waals surface area (Å²) in [5, 5.41) is 1.86. The first-order valence-electron chi connectivity index (χ1n) is 5.22. The minimum atomic E-state index is -2.14. The summed E-state index contributed by atoms with van der Waals surface area (Å²) in [5.41, 5.74) is 8.26. The average Bonchev–Trinajstić information content (AvgIpc) is 2.91. The molecule has 0 spiro atoms. The summed E-state index contributed by atoms with van der Waals surface area (Å²) < 4.78 is 17.3. The molecule has 2 N–H and O–H groups in total. The molecule has 5 rings (SSSR count). The van der Waals surface area contributed by atoms with Crippen molar-refractivity contribution in [2.45, 2.75) is 13.3 Å². The van der Waals surface area contributed by atoms with Gasteiger partial charge in [-0.15, -0.1) is 0 Å². The van der Waals surface area contributed by atoms with Crippen LogP contribution in [-0.2, 0) is 11.0 Å². The fourth-order valence-electron chi connectivity index (χ4n) is 2.20. The van der Waals surface area contributed by atoms with Crippen molar-refractivity contribution < 1.29 is 8.98 Å². The molecule has 0 fully saturated rings. The predicted molar refractivity (Wildman–Crippen MR) is 62.2 cm³/mol. The van der Waals surface area contributed by atoms with E-state index in [9.17, 15) is 4.57 Å². The lowest BCUT2D eigenvalue weighted by Crippen LogP contribution is -2.00. The maximum Gasteiger partial charge on any atom is 0.214 e. The fraction of sp³-hybridized carbons (Fsp3) is 0.182. The number of anilines is 1. The smallest absolute Gasteiger partial charge is 0.214 e. The number of pyridine rings is 1.